The van der Waals surface area contributed by atoms with E-state index in [0.717, 1.165) is 34.0 Å². The van der Waals surface area contributed by atoms with Crippen molar-refractivity contribution < 1.29 is 4.79 Å². The molecule has 3 heterocycles. The number of hydrogen-bond acceptors (Lipinski definition) is 4. The van der Waals surface area contributed by atoms with E-state index in [1.165, 1.54) is 5.56 Å². The summed E-state index contributed by atoms with van der Waals surface area (Å²) in [6.07, 6.45) is 0.437. The zero-order valence-electron chi connectivity index (χ0n) is 16.3. The standard InChI is InChI=1S/C21H23N5O/c1-12-6-8-16(9-7-12)17-11-18(27)25(5)20-19(17)15(4)24-26(20)21-22-13(2)10-14(3)23-21/h6-10,17H,11H2,1-5H3/t17-/m1/s1. The van der Waals surface area contributed by atoms with Crippen molar-refractivity contribution in [2.45, 2.75) is 40.0 Å². The largest absolute Gasteiger partial charge is 0.299 e. The van der Waals surface area contributed by atoms with E-state index in [1.54, 1.807) is 16.6 Å². The lowest BCUT2D eigenvalue weighted by Crippen LogP contribution is -2.35. The van der Waals surface area contributed by atoms with E-state index in [9.17, 15) is 4.79 Å². The van der Waals surface area contributed by atoms with Crippen LogP contribution in [0, 0.1) is 27.7 Å². The van der Waals surface area contributed by atoms with Crippen LogP contribution in [0.4, 0.5) is 5.82 Å². The number of nitrogens with zero attached hydrogens (tertiary/aromatic N) is 5. The number of carbonyl (C=O) groups is 1. The molecule has 1 aromatic carbocycles. The highest BCUT2D eigenvalue weighted by molar-refractivity contribution is 5.96. The summed E-state index contributed by atoms with van der Waals surface area (Å²) in [6, 6.07) is 10.3. The second kappa shape index (κ2) is 6.30. The van der Waals surface area contributed by atoms with Gasteiger partial charge in [-0.25, -0.2) is 9.97 Å². The monoisotopic (exact) mass is 361 g/mol. The summed E-state index contributed by atoms with van der Waals surface area (Å²) in [5.41, 5.74) is 6.06. The van der Waals surface area contributed by atoms with Crippen LogP contribution in [0.3, 0.4) is 0 Å². The number of anilines is 1. The first kappa shape index (κ1) is 17.4. The van der Waals surface area contributed by atoms with Gasteiger partial charge in [-0.05, 0) is 39.3 Å². The van der Waals surface area contributed by atoms with Crippen molar-refractivity contribution >= 4 is 11.7 Å². The van der Waals surface area contributed by atoms with Gasteiger partial charge in [0, 0.05) is 36.3 Å². The minimum atomic E-state index is -0.0102. The second-order valence-corrected chi connectivity index (χ2v) is 7.31. The molecule has 4 rings (SSSR count). The molecule has 0 N–H and O–H groups in total. The average Bonchev–Trinajstić information content (AvgIpc) is 2.96. The second-order valence-electron chi connectivity index (χ2n) is 7.31. The fraction of sp³-hybridized carbons (Fsp3) is 0.333. The third kappa shape index (κ3) is 2.91. The molecule has 0 fully saturated rings. The van der Waals surface area contributed by atoms with E-state index >= 15 is 0 Å². The molecule has 1 aliphatic heterocycles. The molecule has 0 bridgehead atoms. The third-order valence-electron chi connectivity index (χ3n) is 5.14. The number of carbonyl (C=O) groups excluding carboxylic acids is 1. The van der Waals surface area contributed by atoms with Crippen LogP contribution in [-0.4, -0.2) is 32.7 Å². The average molecular weight is 361 g/mol. The molecule has 2 aromatic heterocycles. The Morgan fingerprint density at radius 3 is 2.26 bits per heavy atom. The van der Waals surface area contributed by atoms with Gasteiger partial charge in [-0.2, -0.15) is 9.78 Å². The molecule has 1 aliphatic rings. The zero-order valence-corrected chi connectivity index (χ0v) is 16.3. The van der Waals surface area contributed by atoms with Crippen LogP contribution in [0.25, 0.3) is 5.95 Å². The number of aromatic nitrogens is 4. The molecule has 27 heavy (non-hydrogen) atoms. The van der Waals surface area contributed by atoms with Crippen molar-refractivity contribution in [1.82, 2.24) is 19.7 Å². The summed E-state index contributed by atoms with van der Waals surface area (Å²) < 4.78 is 1.71. The molecule has 0 aliphatic carbocycles. The fourth-order valence-corrected chi connectivity index (χ4v) is 3.81. The van der Waals surface area contributed by atoms with Crippen LogP contribution < -0.4 is 4.90 Å². The van der Waals surface area contributed by atoms with Crippen LogP contribution in [-0.2, 0) is 4.79 Å². The molecule has 0 radical (unpaired) electrons. The zero-order chi connectivity index (χ0) is 19.3. The highest BCUT2D eigenvalue weighted by atomic mass is 16.2. The summed E-state index contributed by atoms with van der Waals surface area (Å²) >= 11 is 0. The molecular formula is C21H23N5O. The van der Waals surface area contributed by atoms with Crippen LogP contribution in [0.2, 0.25) is 0 Å². The van der Waals surface area contributed by atoms with Gasteiger partial charge in [-0.3, -0.25) is 9.69 Å². The lowest BCUT2D eigenvalue weighted by Gasteiger charge is -2.30. The van der Waals surface area contributed by atoms with E-state index in [4.69, 9.17) is 5.10 Å². The number of aryl methyl sites for hydroxylation is 4. The maximum absolute atomic E-state index is 12.8. The topological polar surface area (TPSA) is 63.9 Å². The van der Waals surface area contributed by atoms with Gasteiger partial charge >= 0.3 is 0 Å². The van der Waals surface area contributed by atoms with Crippen LogP contribution in [0.1, 0.15) is 46.1 Å². The molecule has 0 unspecified atom stereocenters. The first-order valence-electron chi connectivity index (χ1n) is 9.10. The number of amides is 1. The van der Waals surface area contributed by atoms with Gasteiger partial charge in [0.15, 0.2) is 0 Å². The molecule has 138 valence electrons. The van der Waals surface area contributed by atoms with Crippen molar-refractivity contribution in [2.75, 3.05) is 11.9 Å². The predicted molar refractivity (Wildman–Crippen MR) is 104 cm³/mol. The Balaban J connectivity index is 1.93. The number of rotatable bonds is 2. The quantitative estimate of drug-likeness (QED) is 0.702. The van der Waals surface area contributed by atoms with Gasteiger partial charge in [-0.1, -0.05) is 29.8 Å². The fourth-order valence-electron chi connectivity index (χ4n) is 3.81. The maximum atomic E-state index is 12.8. The Kier molecular flexibility index (Phi) is 4.06. The maximum Gasteiger partial charge on any atom is 0.252 e. The third-order valence-corrected chi connectivity index (χ3v) is 5.14. The molecular weight excluding hydrogens is 338 g/mol. The molecule has 0 saturated heterocycles. The summed E-state index contributed by atoms with van der Waals surface area (Å²) in [5.74, 6) is 1.32. The normalized spacial score (nSPS) is 16.6. The van der Waals surface area contributed by atoms with Gasteiger partial charge in [0.1, 0.15) is 5.82 Å². The Labute approximate surface area is 158 Å². The Bertz CT molecular complexity index is 1020. The van der Waals surface area contributed by atoms with Crippen LogP contribution in [0.15, 0.2) is 30.3 Å². The first-order chi connectivity index (χ1) is 12.8. The molecule has 0 spiro atoms. The highest BCUT2D eigenvalue weighted by Gasteiger charge is 2.36. The van der Waals surface area contributed by atoms with Gasteiger partial charge in [0.2, 0.25) is 5.91 Å². The molecule has 3 aromatic rings. The summed E-state index contributed by atoms with van der Waals surface area (Å²) in [6.45, 7) is 7.93. The molecule has 6 nitrogen and oxygen atoms in total. The van der Waals surface area contributed by atoms with Gasteiger partial charge < -0.3 is 0 Å². The van der Waals surface area contributed by atoms with Crippen LogP contribution in [0.5, 0.6) is 0 Å². The number of benzene rings is 1. The molecule has 0 saturated carbocycles. The summed E-state index contributed by atoms with van der Waals surface area (Å²) in [5, 5.41) is 4.72. The van der Waals surface area contributed by atoms with Crippen molar-refractivity contribution in [3.8, 4) is 5.95 Å². The molecule has 1 atom stereocenters. The lowest BCUT2D eigenvalue weighted by atomic mass is 9.85. The van der Waals surface area contributed by atoms with Crippen molar-refractivity contribution in [2.24, 2.45) is 0 Å². The minimum Gasteiger partial charge on any atom is -0.299 e. The Hall–Kier alpha value is -3.02. The molecule has 1 amide bonds. The minimum absolute atomic E-state index is 0.0102. The lowest BCUT2D eigenvalue weighted by molar-refractivity contribution is -0.118. The highest BCUT2D eigenvalue weighted by Crippen LogP contribution is 2.42. The number of hydrogen-bond donors (Lipinski definition) is 0. The van der Waals surface area contributed by atoms with E-state index in [0.29, 0.717) is 12.4 Å². The van der Waals surface area contributed by atoms with E-state index in [-0.39, 0.29) is 11.8 Å². The van der Waals surface area contributed by atoms with E-state index in [1.807, 2.05) is 26.8 Å². The van der Waals surface area contributed by atoms with Crippen molar-refractivity contribution in [3.63, 3.8) is 0 Å². The number of fused-ring (bicyclic) bond motifs is 1. The van der Waals surface area contributed by atoms with Gasteiger partial charge in [0.25, 0.3) is 5.95 Å². The van der Waals surface area contributed by atoms with Crippen LogP contribution >= 0.6 is 0 Å². The molecule has 6 heteroatoms. The first-order valence-corrected chi connectivity index (χ1v) is 9.10. The summed E-state index contributed by atoms with van der Waals surface area (Å²) in [7, 11) is 1.80. The summed E-state index contributed by atoms with van der Waals surface area (Å²) in [4.78, 5) is 23.6. The van der Waals surface area contributed by atoms with Gasteiger partial charge in [-0.15, -0.1) is 0 Å². The smallest absolute Gasteiger partial charge is 0.252 e. The Morgan fingerprint density at radius 2 is 1.63 bits per heavy atom. The van der Waals surface area contributed by atoms with E-state index in [2.05, 4.69) is 41.2 Å². The predicted octanol–water partition coefficient (Wildman–Crippen LogP) is 3.39. The Morgan fingerprint density at radius 1 is 1.00 bits per heavy atom. The van der Waals surface area contributed by atoms with Gasteiger partial charge in [0.05, 0.1) is 5.69 Å². The van der Waals surface area contributed by atoms with Crippen molar-refractivity contribution in [1.29, 1.82) is 0 Å². The van der Waals surface area contributed by atoms with E-state index < -0.39 is 0 Å². The van der Waals surface area contributed by atoms with Crippen molar-refractivity contribution in [3.05, 3.63) is 64.1 Å². The SMILES string of the molecule is Cc1ccc([C@H]2CC(=O)N(C)c3c2c(C)nn3-c2nc(C)cc(C)n2)cc1.